The van der Waals surface area contributed by atoms with E-state index < -0.39 is 0 Å². The molecule has 2 saturated heterocycles. The van der Waals surface area contributed by atoms with E-state index in [1.54, 1.807) is 11.3 Å². The second-order valence-electron chi connectivity index (χ2n) is 6.04. The van der Waals surface area contributed by atoms with Crippen molar-refractivity contribution in [3.05, 3.63) is 21.9 Å². The van der Waals surface area contributed by atoms with Gasteiger partial charge >= 0.3 is 0 Å². The summed E-state index contributed by atoms with van der Waals surface area (Å²) in [6.45, 7) is 6.12. The van der Waals surface area contributed by atoms with Gasteiger partial charge in [-0.25, -0.2) is 0 Å². The van der Waals surface area contributed by atoms with Crippen molar-refractivity contribution in [2.75, 3.05) is 26.2 Å². The number of nitrogens with zero attached hydrogens (tertiary/aromatic N) is 1. The van der Waals surface area contributed by atoms with Crippen LogP contribution in [0.25, 0.3) is 0 Å². The van der Waals surface area contributed by atoms with Crippen LogP contribution >= 0.6 is 11.3 Å². The van der Waals surface area contributed by atoms with E-state index in [-0.39, 0.29) is 5.91 Å². The first kappa shape index (κ1) is 13.1. The van der Waals surface area contributed by atoms with E-state index in [2.05, 4.69) is 10.2 Å². The van der Waals surface area contributed by atoms with Crippen molar-refractivity contribution >= 4 is 17.2 Å². The Balaban J connectivity index is 1.74. The number of nitrogens with one attached hydrogen (secondary N) is 1. The summed E-state index contributed by atoms with van der Waals surface area (Å²) in [5, 5.41) is 5.53. The Morgan fingerprint density at radius 1 is 1.42 bits per heavy atom. The van der Waals surface area contributed by atoms with Gasteiger partial charge in [0, 0.05) is 25.0 Å². The van der Waals surface area contributed by atoms with Gasteiger partial charge in [0.2, 0.25) is 0 Å². The molecule has 1 amide bonds. The Kier molecular flexibility index (Phi) is 3.63. The fourth-order valence-electron chi connectivity index (χ4n) is 3.50. The van der Waals surface area contributed by atoms with E-state index in [1.807, 2.05) is 18.4 Å². The molecule has 3 heterocycles. The second-order valence-corrected chi connectivity index (χ2v) is 6.96. The average Bonchev–Trinajstić information content (AvgIpc) is 2.85. The van der Waals surface area contributed by atoms with Gasteiger partial charge in [-0.2, -0.15) is 0 Å². The smallest absolute Gasteiger partial charge is 0.264 e. The second kappa shape index (κ2) is 5.25. The maximum atomic E-state index is 12.6. The van der Waals surface area contributed by atoms with E-state index in [4.69, 9.17) is 0 Å². The van der Waals surface area contributed by atoms with Crippen molar-refractivity contribution in [1.82, 2.24) is 10.2 Å². The molecule has 0 aromatic carbocycles. The van der Waals surface area contributed by atoms with Crippen molar-refractivity contribution in [3.63, 3.8) is 0 Å². The van der Waals surface area contributed by atoms with Crippen molar-refractivity contribution in [2.45, 2.75) is 32.6 Å². The Bertz CT molecular complexity index is 457. The zero-order chi connectivity index (χ0) is 13.3. The SMILES string of the molecule is Cc1ccsc1C(=O)N1CCCC2(CCCNC2)C1. The zero-order valence-corrected chi connectivity index (χ0v) is 12.4. The van der Waals surface area contributed by atoms with Crippen LogP contribution in [-0.4, -0.2) is 37.0 Å². The molecule has 0 bridgehead atoms. The Morgan fingerprint density at radius 3 is 2.95 bits per heavy atom. The van der Waals surface area contributed by atoms with Crippen molar-refractivity contribution < 1.29 is 4.79 Å². The number of amides is 1. The summed E-state index contributed by atoms with van der Waals surface area (Å²) in [5.74, 6) is 0.247. The summed E-state index contributed by atoms with van der Waals surface area (Å²) in [5.41, 5.74) is 1.47. The Morgan fingerprint density at radius 2 is 2.26 bits per heavy atom. The largest absolute Gasteiger partial charge is 0.337 e. The lowest BCUT2D eigenvalue weighted by Gasteiger charge is -2.45. The van der Waals surface area contributed by atoms with E-state index in [9.17, 15) is 4.79 Å². The van der Waals surface area contributed by atoms with Gasteiger partial charge in [0.15, 0.2) is 0 Å². The number of carbonyl (C=O) groups excluding carboxylic acids is 1. The summed E-state index contributed by atoms with van der Waals surface area (Å²) in [6.07, 6.45) is 4.94. The summed E-state index contributed by atoms with van der Waals surface area (Å²) in [4.78, 5) is 15.6. The summed E-state index contributed by atoms with van der Waals surface area (Å²) >= 11 is 1.58. The fraction of sp³-hybridized carbons (Fsp3) is 0.667. The molecule has 1 unspecified atom stereocenters. The number of rotatable bonds is 1. The van der Waals surface area contributed by atoms with Gasteiger partial charge in [-0.1, -0.05) is 0 Å². The molecule has 3 nitrogen and oxygen atoms in total. The van der Waals surface area contributed by atoms with Crippen LogP contribution in [0.5, 0.6) is 0 Å². The third kappa shape index (κ3) is 2.56. The molecule has 0 saturated carbocycles. The van der Waals surface area contributed by atoms with Crippen LogP contribution < -0.4 is 5.32 Å². The predicted octanol–water partition coefficient (Wildman–Crippen LogP) is 2.66. The van der Waals surface area contributed by atoms with Gasteiger partial charge in [0.05, 0.1) is 4.88 Å². The monoisotopic (exact) mass is 278 g/mol. The van der Waals surface area contributed by atoms with E-state index in [0.29, 0.717) is 5.41 Å². The van der Waals surface area contributed by atoms with E-state index >= 15 is 0 Å². The van der Waals surface area contributed by atoms with Crippen LogP contribution in [0.3, 0.4) is 0 Å². The first-order valence-corrected chi connectivity index (χ1v) is 8.12. The molecule has 0 aliphatic carbocycles. The van der Waals surface area contributed by atoms with Crippen LogP contribution in [0, 0.1) is 12.3 Å². The lowest BCUT2D eigenvalue weighted by molar-refractivity contribution is 0.0437. The van der Waals surface area contributed by atoms with Gasteiger partial charge in [-0.15, -0.1) is 11.3 Å². The molecule has 4 heteroatoms. The molecule has 1 spiro atoms. The minimum Gasteiger partial charge on any atom is -0.337 e. The topological polar surface area (TPSA) is 32.3 Å². The molecule has 19 heavy (non-hydrogen) atoms. The molecule has 2 aliphatic rings. The lowest BCUT2D eigenvalue weighted by Crippen LogP contribution is -2.52. The number of piperidine rings is 2. The molecule has 1 aromatic heterocycles. The number of aryl methyl sites for hydroxylation is 1. The van der Waals surface area contributed by atoms with Gasteiger partial charge in [0.25, 0.3) is 5.91 Å². The van der Waals surface area contributed by atoms with Gasteiger partial charge < -0.3 is 10.2 Å². The number of carbonyl (C=O) groups is 1. The highest BCUT2D eigenvalue weighted by Crippen LogP contribution is 2.36. The highest BCUT2D eigenvalue weighted by atomic mass is 32.1. The molecule has 104 valence electrons. The Labute approximate surface area is 119 Å². The Hall–Kier alpha value is -0.870. The van der Waals surface area contributed by atoms with Crippen LogP contribution in [0.15, 0.2) is 11.4 Å². The normalized spacial score (nSPS) is 27.7. The number of thiophene rings is 1. The highest BCUT2D eigenvalue weighted by molar-refractivity contribution is 7.12. The summed E-state index contributed by atoms with van der Waals surface area (Å²) < 4.78 is 0. The third-order valence-corrected chi connectivity index (χ3v) is 5.57. The van der Waals surface area contributed by atoms with Crippen molar-refractivity contribution in [3.8, 4) is 0 Å². The number of hydrogen-bond acceptors (Lipinski definition) is 3. The first-order chi connectivity index (χ1) is 9.20. The quantitative estimate of drug-likeness (QED) is 0.856. The van der Waals surface area contributed by atoms with E-state index in [1.165, 1.54) is 19.3 Å². The van der Waals surface area contributed by atoms with Crippen LogP contribution in [0.1, 0.15) is 40.9 Å². The molecule has 2 aliphatic heterocycles. The van der Waals surface area contributed by atoms with Crippen molar-refractivity contribution in [1.29, 1.82) is 0 Å². The molecular weight excluding hydrogens is 256 g/mol. The number of hydrogen-bond donors (Lipinski definition) is 1. The van der Waals surface area contributed by atoms with Gasteiger partial charge in [-0.05, 0) is 56.2 Å². The van der Waals surface area contributed by atoms with Crippen LogP contribution in [0.4, 0.5) is 0 Å². The standard InChI is InChI=1S/C15H22N2OS/c1-12-4-9-19-13(12)14(18)17-8-3-6-15(11-17)5-2-7-16-10-15/h4,9,16H,2-3,5-8,10-11H2,1H3. The minimum absolute atomic E-state index is 0.247. The molecular formula is C15H22N2OS. The summed E-state index contributed by atoms with van der Waals surface area (Å²) in [7, 11) is 0. The predicted molar refractivity (Wildman–Crippen MR) is 78.7 cm³/mol. The molecule has 1 atom stereocenters. The van der Waals surface area contributed by atoms with Gasteiger partial charge in [0.1, 0.15) is 0 Å². The maximum absolute atomic E-state index is 12.6. The van der Waals surface area contributed by atoms with Gasteiger partial charge in [-0.3, -0.25) is 4.79 Å². The summed E-state index contributed by atoms with van der Waals surface area (Å²) in [6, 6.07) is 2.04. The molecule has 0 radical (unpaired) electrons. The molecule has 2 fully saturated rings. The van der Waals surface area contributed by atoms with Crippen LogP contribution in [0.2, 0.25) is 0 Å². The third-order valence-electron chi connectivity index (χ3n) is 4.57. The zero-order valence-electron chi connectivity index (χ0n) is 11.6. The lowest BCUT2D eigenvalue weighted by atomic mass is 9.74. The number of likely N-dealkylation sites (tertiary alicyclic amines) is 1. The minimum atomic E-state index is 0.247. The van der Waals surface area contributed by atoms with Crippen LogP contribution in [-0.2, 0) is 0 Å². The molecule has 1 aromatic rings. The fourth-order valence-corrected chi connectivity index (χ4v) is 4.39. The van der Waals surface area contributed by atoms with E-state index in [0.717, 1.165) is 43.0 Å². The molecule has 3 rings (SSSR count). The maximum Gasteiger partial charge on any atom is 0.264 e. The van der Waals surface area contributed by atoms with Crippen molar-refractivity contribution in [2.24, 2.45) is 5.41 Å². The highest BCUT2D eigenvalue weighted by Gasteiger charge is 2.38. The molecule has 1 N–H and O–H groups in total. The first-order valence-electron chi connectivity index (χ1n) is 7.24. The average molecular weight is 278 g/mol.